The Balaban J connectivity index is 1.75. The number of aromatic nitrogens is 2. The number of alkyl halides is 1. The van der Waals surface area contributed by atoms with Gasteiger partial charge in [-0.05, 0) is 29.7 Å². The summed E-state index contributed by atoms with van der Waals surface area (Å²) < 4.78 is 11.6. The smallest absolute Gasteiger partial charge is 0.241 e. The molecule has 2 aromatic carbocycles. The van der Waals surface area contributed by atoms with Gasteiger partial charge in [-0.3, -0.25) is 4.79 Å². The fourth-order valence-corrected chi connectivity index (χ4v) is 4.83. The van der Waals surface area contributed by atoms with Crippen molar-refractivity contribution in [2.75, 3.05) is 6.61 Å². The molecule has 7 nitrogen and oxygen atoms in total. The number of phenols is 1. The van der Waals surface area contributed by atoms with Gasteiger partial charge in [-0.25, -0.2) is 0 Å². The van der Waals surface area contributed by atoms with Gasteiger partial charge in [0.05, 0.1) is 15.4 Å². The molecular formula is C24H20BrClN2O5. The normalized spacial score (nSPS) is 19.9. The molecule has 9 heteroatoms. The SMILES string of the molecule is Cc1ccccc1C1=CC=CC(COc2cc(O)c(C=O)cc2Cl)(c2nc(CO)no2)C1Br. The first-order valence-corrected chi connectivity index (χ1v) is 11.3. The molecule has 3 aromatic rings. The molecule has 0 spiro atoms. The minimum Gasteiger partial charge on any atom is -0.507 e. The number of halogens is 2. The highest BCUT2D eigenvalue weighted by atomic mass is 79.9. The second-order valence-corrected chi connectivity index (χ2v) is 8.94. The van der Waals surface area contributed by atoms with E-state index in [-0.39, 0.29) is 51.8 Å². The predicted octanol–water partition coefficient (Wildman–Crippen LogP) is 4.78. The van der Waals surface area contributed by atoms with Gasteiger partial charge in [0.25, 0.3) is 0 Å². The average Bonchev–Trinajstić information content (AvgIpc) is 3.31. The Morgan fingerprint density at radius 3 is 2.82 bits per heavy atom. The summed E-state index contributed by atoms with van der Waals surface area (Å²) in [4.78, 5) is 15.1. The van der Waals surface area contributed by atoms with Crippen molar-refractivity contribution in [3.05, 3.63) is 88.1 Å². The number of hydrogen-bond donors (Lipinski definition) is 2. The number of hydrogen-bond acceptors (Lipinski definition) is 7. The largest absolute Gasteiger partial charge is 0.507 e. The number of aryl methyl sites for hydroxylation is 1. The Bertz CT molecular complexity index is 1260. The van der Waals surface area contributed by atoms with Crippen LogP contribution >= 0.6 is 27.5 Å². The van der Waals surface area contributed by atoms with Crippen molar-refractivity contribution >= 4 is 39.4 Å². The highest BCUT2D eigenvalue weighted by molar-refractivity contribution is 9.09. The number of aliphatic hydroxyl groups is 1. The molecule has 33 heavy (non-hydrogen) atoms. The van der Waals surface area contributed by atoms with E-state index in [4.69, 9.17) is 20.9 Å². The fourth-order valence-electron chi connectivity index (χ4n) is 3.72. The summed E-state index contributed by atoms with van der Waals surface area (Å²) in [5, 5.41) is 23.5. The predicted molar refractivity (Wildman–Crippen MR) is 127 cm³/mol. The molecule has 0 amide bonds. The molecule has 0 aliphatic heterocycles. The van der Waals surface area contributed by atoms with Crippen LogP contribution in [0.1, 0.15) is 33.2 Å². The van der Waals surface area contributed by atoms with Gasteiger partial charge in [-0.15, -0.1) is 0 Å². The zero-order valence-electron chi connectivity index (χ0n) is 17.5. The minimum absolute atomic E-state index is 0.00922. The van der Waals surface area contributed by atoms with Crippen LogP contribution in [0.15, 0.2) is 59.1 Å². The van der Waals surface area contributed by atoms with Gasteiger partial charge < -0.3 is 19.5 Å². The molecule has 0 radical (unpaired) electrons. The summed E-state index contributed by atoms with van der Waals surface area (Å²) in [6.45, 7) is 1.67. The van der Waals surface area contributed by atoms with Crippen LogP contribution in [0, 0.1) is 6.92 Å². The van der Waals surface area contributed by atoms with Crippen molar-refractivity contribution in [1.29, 1.82) is 0 Å². The molecular weight excluding hydrogens is 512 g/mol. The van der Waals surface area contributed by atoms with E-state index in [1.807, 2.05) is 49.4 Å². The van der Waals surface area contributed by atoms with E-state index in [0.29, 0.717) is 6.29 Å². The van der Waals surface area contributed by atoms with Crippen LogP contribution in [-0.2, 0) is 12.0 Å². The molecule has 0 saturated carbocycles. The maximum atomic E-state index is 11.1. The van der Waals surface area contributed by atoms with E-state index in [9.17, 15) is 15.0 Å². The van der Waals surface area contributed by atoms with E-state index >= 15 is 0 Å². The molecule has 2 N–H and O–H groups in total. The van der Waals surface area contributed by atoms with Crippen LogP contribution in [-0.4, -0.2) is 38.1 Å². The third-order valence-corrected chi connectivity index (χ3v) is 7.14. The Kier molecular flexibility index (Phi) is 6.69. The van der Waals surface area contributed by atoms with Crippen LogP contribution < -0.4 is 4.74 Å². The summed E-state index contributed by atoms with van der Waals surface area (Å²) in [7, 11) is 0. The molecule has 1 aliphatic rings. The number of rotatable bonds is 7. The molecule has 1 aromatic heterocycles. The maximum Gasteiger partial charge on any atom is 0.241 e. The van der Waals surface area contributed by atoms with Gasteiger partial charge in [0.2, 0.25) is 5.89 Å². The third-order valence-electron chi connectivity index (χ3n) is 5.53. The number of ether oxygens (including phenoxy) is 1. The first-order valence-electron chi connectivity index (χ1n) is 10.0. The van der Waals surface area contributed by atoms with E-state index in [1.165, 1.54) is 12.1 Å². The van der Waals surface area contributed by atoms with Gasteiger partial charge in [-0.2, -0.15) is 4.98 Å². The first-order chi connectivity index (χ1) is 15.9. The van der Waals surface area contributed by atoms with Gasteiger partial charge in [0.1, 0.15) is 30.1 Å². The molecule has 1 heterocycles. The molecule has 2 atom stereocenters. The van der Waals surface area contributed by atoms with Crippen LogP contribution in [0.2, 0.25) is 5.02 Å². The number of phenolic OH excluding ortho intramolecular Hbond substituents is 1. The molecule has 170 valence electrons. The summed E-state index contributed by atoms with van der Waals surface area (Å²) in [5.74, 6) is 0.346. The van der Waals surface area contributed by atoms with Gasteiger partial charge in [0.15, 0.2) is 12.1 Å². The highest BCUT2D eigenvalue weighted by Gasteiger charge is 2.46. The number of allylic oxidation sites excluding steroid dienone is 3. The lowest BCUT2D eigenvalue weighted by Gasteiger charge is -2.36. The average molecular weight is 532 g/mol. The Labute approximate surface area is 203 Å². The van der Waals surface area contributed by atoms with Crippen molar-refractivity contribution < 1.29 is 24.3 Å². The van der Waals surface area contributed by atoms with Crippen LogP contribution in [0.25, 0.3) is 5.57 Å². The lowest BCUT2D eigenvalue weighted by atomic mass is 9.76. The van der Waals surface area contributed by atoms with E-state index in [2.05, 4.69) is 26.1 Å². The third kappa shape index (κ3) is 4.34. The van der Waals surface area contributed by atoms with Gasteiger partial charge in [0, 0.05) is 6.07 Å². The number of carbonyl (C=O) groups excluding carboxylic acids is 1. The quantitative estimate of drug-likeness (QED) is 0.334. The van der Waals surface area contributed by atoms with Crippen LogP contribution in [0.3, 0.4) is 0 Å². The number of nitrogens with zero attached hydrogens (tertiary/aromatic N) is 2. The molecule has 2 unspecified atom stereocenters. The van der Waals surface area contributed by atoms with Crippen molar-refractivity contribution in [2.24, 2.45) is 0 Å². The van der Waals surface area contributed by atoms with Crippen molar-refractivity contribution in [1.82, 2.24) is 10.1 Å². The van der Waals surface area contributed by atoms with Crippen molar-refractivity contribution in [3.63, 3.8) is 0 Å². The highest BCUT2D eigenvalue weighted by Crippen LogP contribution is 2.45. The van der Waals surface area contributed by atoms with Crippen LogP contribution in [0.4, 0.5) is 0 Å². The van der Waals surface area contributed by atoms with E-state index in [0.717, 1.165) is 16.7 Å². The standard InChI is InChI=1S/C24H20BrClN2O5/c1-14-5-2-3-6-16(14)17-7-4-8-24(22(17)25,23-27-21(12-30)28-33-23)13-32-20-10-19(31)15(11-29)9-18(20)26/h2-11,22,30-31H,12-13H2,1H3. The second kappa shape index (κ2) is 9.51. The van der Waals surface area contributed by atoms with E-state index < -0.39 is 5.41 Å². The second-order valence-electron chi connectivity index (χ2n) is 7.62. The number of carbonyl (C=O) groups is 1. The molecule has 0 saturated heterocycles. The Morgan fingerprint density at radius 1 is 1.33 bits per heavy atom. The maximum absolute atomic E-state index is 11.1. The zero-order valence-corrected chi connectivity index (χ0v) is 19.9. The van der Waals surface area contributed by atoms with Crippen molar-refractivity contribution in [2.45, 2.75) is 23.8 Å². The summed E-state index contributed by atoms with van der Waals surface area (Å²) in [5.41, 5.74) is 2.22. The monoisotopic (exact) mass is 530 g/mol. The topological polar surface area (TPSA) is 106 Å². The van der Waals surface area contributed by atoms with Gasteiger partial charge >= 0.3 is 0 Å². The molecule has 4 rings (SSSR count). The molecule has 1 aliphatic carbocycles. The first kappa shape index (κ1) is 23.2. The van der Waals surface area contributed by atoms with E-state index in [1.54, 1.807) is 0 Å². The summed E-state index contributed by atoms with van der Waals surface area (Å²) in [6, 6.07) is 10.6. The number of aliphatic hydroxyl groups excluding tert-OH is 1. The minimum atomic E-state index is -0.963. The Morgan fingerprint density at radius 2 is 2.12 bits per heavy atom. The molecule has 0 fully saturated rings. The number of aromatic hydroxyl groups is 1. The molecule has 0 bridgehead atoms. The lowest BCUT2D eigenvalue weighted by Crippen LogP contribution is -2.42. The number of benzene rings is 2. The van der Waals surface area contributed by atoms with Crippen molar-refractivity contribution in [3.8, 4) is 11.5 Å². The zero-order chi connectivity index (χ0) is 23.6. The number of aldehydes is 1. The summed E-state index contributed by atoms with van der Waals surface area (Å²) in [6.07, 6.45) is 6.29. The lowest BCUT2D eigenvalue weighted by molar-refractivity contribution is 0.112. The van der Waals surface area contributed by atoms with Crippen LogP contribution in [0.5, 0.6) is 11.5 Å². The van der Waals surface area contributed by atoms with Gasteiger partial charge in [-0.1, -0.05) is 75.2 Å². The fraction of sp³-hybridized carbons (Fsp3) is 0.208. The Hall–Kier alpha value is -2.94. The summed E-state index contributed by atoms with van der Waals surface area (Å²) >= 11 is 10.1.